The summed E-state index contributed by atoms with van der Waals surface area (Å²) in [5, 5.41) is 0. The maximum absolute atomic E-state index is 12.3. The fourth-order valence-corrected chi connectivity index (χ4v) is 4.71. The first kappa shape index (κ1) is 20.9. The first-order valence-electron chi connectivity index (χ1n) is 9.00. The number of piperazine rings is 1. The molecule has 0 saturated carbocycles. The quantitative estimate of drug-likeness (QED) is 0.682. The van der Waals surface area contributed by atoms with E-state index in [1.165, 1.54) is 4.31 Å². The Hall–Kier alpha value is -1.81. The Labute approximate surface area is 163 Å². The molecule has 0 spiro atoms. The Balaban J connectivity index is 1.60. The lowest BCUT2D eigenvalue weighted by atomic mass is 10.0. The number of nitrogens with zero attached hydrogens (tertiary/aromatic N) is 3. The van der Waals surface area contributed by atoms with Crippen LogP contribution in [-0.4, -0.2) is 56.9 Å². The van der Waals surface area contributed by atoms with Crippen LogP contribution in [-0.2, 0) is 21.2 Å². The van der Waals surface area contributed by atoms with E-state index in [2.05, 4.69) is 9.88 Å². The molecule has 2 heterocycles. The lowest BCUT2D eigenvalue weighted by Gasteiger charge is -2.36. The molecule has 1 aromatic carbocycles. The van der Waals surface area contributed by atoms with E-state index in [9.17, 15) is 21.9 Å². The molecule has 1 fully saturated rings. The van der Waals surface area contributed by atoms with Crippen molar-refractivity contribution in [1.82, 2.24) is 14.2 Å². The highest BCUT2D eigenvalue weighted by atomic mass is 32.3. The zero-order valence-electron chi connectivity index (χ0n) is 15.3. The Morgan fingerprint density at radius 2 is 1.79 bits per heavy atom. The maximum Gasteiger partial charge on any atom is 0.393 e. The number of hydrogen-bond acceptors (Lipinski definition) is 4. The van der Waals surface area contributed by atoms with Crippen molar-refractivity contribution in [2.45, 2.75) is 19.1 Å². The van der Waals surface area contributed by atoms with Gasteiger partial charge in [-0.1, -0.05) is 34.5 Å². The third-order valence-corrected chi connectivity index (χ3v) is 6.62. The summed E-state index contributed by atoms with van der Waals surface area (Å²) in [5.41, 5.74) is 3.17. The molecule has 9 heteroatoms. The standard InChI is InChI=1S/C19H22F3N3O2S/c20-19(21,22)7-13-28(26,27)25-11-9-24(10-12-25)15-17-4-1-2-6-18(17)16-5-3-8-23-14-16/h1-6,8,14H,7,9-13,15H2. The minimum Gasteiger partial charge on any atom is -0.598 e. The molecule has 1 aromatic heterocycles. The highest BCUT2D eigenvalue weighted by Gasteiger charge is 2.36. The molecule has 152 valence electrons. The van der Waals surface area contributed by atoms with E-state index in [4.69, 9.17) is 0 Å². The van der Waals surface area contributed by atoms with E-state index in [-0.39, 0.29) is 13.1 Å². The molecule has 1 unspecified atom stereocenters. The summed E-state index contributed by atoms with van der Waals surface area (Å²) in [6.45, 7) is 2.01. The van der Waals surface area contributed by atoms with Crippen molar-refractivity contribution >= 4 is 10.4 Å². The van der Waals surface area contributed by atoms with Gasteiger partial charge in [-0.2, -0.15) is 13.2 Å². The summed E-state index contributed by atoms with van der Waals surface area (Å²) in [4.78, 5) is 6.27. The molecule has 1 atom stereocenters. The molecule has 5 nitrogen and oxygen atoms in total. The van der Waals surface area contributed by atoms with Gasteiger partial charge >= 0.3 is 6.18 Å². The van der Waals surface area contributed by atoms with E-state index in [1.807, 2.05) is 36.4 Å². The molecule has 28 heavy (non-hydrogen) atoms. The molecule has 1 saturated heterocycles. The van der Waals surface area contributed by atoms with Crippen molar-refractivity contribution in [3.63, 3.8) is 0 Å². The van der Waals surface area contributed by atoms with Crippen LogP contribution in [0.1, 0.15) is 12.0 Å². The lowest BCUT2D eigenvalue weighted by molar-refractivity contribution is -0.130. The topological polar surface area (TPSA) is 59.5 Å². The third kappa shape index (κ3) is 5.60. The van der Waals surface area contributed by atoms with E-state index in [0.717, 1.165) is 16.7 Å². The smallest absolute Gasteiger partial charge is 0.393 e. The number of pyridine rings is 1. The average molecular weight is 413 g/mol. The molecule has 0 bridgehead atoms. The third-order valence-electron chi connectivity index (χ3n) is 4.75. The monoisotopic (exact) mass is 413 g/mol. The van der Waals surface area contributed by atoms with Gasteiger partial charge in [0.15, 0.2) is 0 Å². The van der Waals surface area contributed by atoms with Crippen molar-refractivity contribution < 1.29 is 21.9 Å². The van der Waals surface area contributed by atoms with Crippen LogP contribution in [0.5, 0.6) is 0 Å². The van der Waals surface area contributed by atoms with Gasteiger partial charge in [-0.05, 0) is 17.2 Å². The van der Waals surface area contributed by atoms with Gasteiger partial charge < -0.3 is 4.55 Å². The molecule has 0 amide bonds. The summed E-state index contributed by atoms with van der Waals surface area (Å²) in [7, 11) is -3.89. The lowest BCUT2D eigenvalue weighted by Crippen LogP contribution is -2.51. The summed E-state index contributed by atoms with van der Waals surface area (Å²) in [6.07, 6.45) is -2.27. The van der Waals surface area contributed by atoms with E-state index < -0.39 is 28.7 Å². The van der Waals surface area contributed by atoms with Crippen LogP contribution < -0.4 is 0 Å². The maximum atomic E-state index is 12.3. The first-order valence-corrected chi connectivity index (χ1v) is 10.6. The molecule has 3 rings (SSSR count). The van der Waals surface area contributed by atoms with Gasteiger partial charge in [-0.25, -0.2) is 0 Å². The minimum absolute atomic E-state index is 0.204. The summed E-state index contributed by atoms with van der Waals surface area (Å²) in [5.74, 6) is -0.889. The van der Waals surface area contributed by atoms with Crippen LogP contribution in [0.15, 0.2) is 48.8 Å². The first-order chi connectivity index (χ1) is 13.2. The molecule has 2 aromatic rings. The highest BCUT2D eigenvalue weighted by molar-refractivity contribution is 7.95. The largest absolute Gasteiger partial charge is 0.598 e. The van der Waals surface area contributed by atoms with E-state index in [0.29, 0.717) is 19.6 Å². The summed E-state index contributed by atoms with van der Waals surface area (Å²) < 4.78 is 62.5. The van der Waals surface area contributed by atoms with Gasteiger partial charge in [0, 0.05) is 37.6 Å². The number of hydrogen-bond donors (Lipinski definition) is 0. The number of sulfonamides is 1. The zero-order valence-corrected chi connectivity index (χ0v) is 16.1. The summed E-state index contributed by atoms with van der Waals surface area (Å²) >= 11 is 0. The van der Waals surface area contributed by atoms with Gasteiger partial charge in [0.25, 0.3) is 0 Å². The molecule has 1 aliphatic rings. The van der Waals surface area contributed by atoms with Crippen LogP contribution in [0.3, 0.4) is 0 Å². The molecule has 1 aliphatic heterocycles. The van der Waals surface area contributed by atoms with E-state index >= 15 is 0 Å². The Morgan fingerprint density at radius 1 is 1.07 bits per heavy atom. The zero-order chi connectivity index (χ0) is 20.2. The van der Waals surface area contributed by atoms with Gasteiger partial charge in [0.05, 0.1) is 19.5 Å². The second-order valence-electron chi connectivity index (χ2n) is 6.76. The predicted octanol–water partition coefficient (Wildman–Crippen LogP) is 3.36. The van der Waals surface area contributed by atoms with Crippen LogP contribution >= 0.6 is 0 Å². The number of rotatable bonds is 6. The fourth-order valence-electron chi connectivity index (χ4n) is 3.24. The van der Waals surface area contributed by atoms with Crippen molar-refractivity contribution in [3.05, 3.63) is 54.4 Å². The van der Waals surface area contributed by atoms with Gasteiger partial charge in [-0.3, -0.25) is 9.88 Å². The summed E-state index contributed by atoms with van der Waals surface area (Å²) in [6, 6.07) is 11.8. The second-order valence-corrected chi connectivity index (χ2v) is 8.84. The number of aromatic nitrogens is 1. The normalized spacial score (nSPS) is 18.7. The van der Waals surface area contributed by atoms with Crippen molar-refractivity contribution in [1.29, 1.82) is 0 Å². The molecule has 0 N–H and O–H groups in total. The number of halogens is 3. The van der Waals surface area contributed by atoms with Gasteiger partial charge in [-0.15, -0.1) is 4.31 Å². The molecule has 0 radical (unpaired) electrons. The van der Waals surface area contributed by atoms with Crippen LogP contribution in [0.4, 0.5) is 13.2 Å². The Bertz CT molecular complexity index is 825. The van der Waals surface area contributed by atoms with Crippen molar-refractivity contribution in [2.24, 2.45) is 0 Å². The predicted molar refractivity (Wildman–Crippen MR) is 101 cm³/mol. The number of alkyl halides is 3. The molecular formula is C19H22F3N3O2S. The van der Waals surface area contributed by atoms with Crippen molar-refractivity contribution in [2.75, 3.05) is 31.9 Å². The van der Waals surface area contributed by atoms with Gasteiger partial charge in [0.2, 0.25) is 0 Å². The Kier molecular flexibility index (Phi) is 6.49. The van der Waals surface area contributed by atoms with E-state index in [1.54, 1.807) is 12.4 Å². The van der Waals surface area contributed by atoms with Crippen LogP contribution in [0.25, 0.3) is 11.1 Å². The second kappa shape index (κ2) is 8.69. The SMILES string of the molecule is O=[S+]([O-])(CCC(F)(F)F)N1CCN(Cc2ccccc2-c2cccnc2)CC1. The highest BCUT2D eigenvalue weighted by Crippen LogP contribution is 2.26. The average Bonchev–Trinajstić information content (AvgIpc) is 2.68. The molecular weight excluding hydrogens is 391 g/mol. The number of benzene rings is 1. The van der Waals surface area contributed by atoms with Gasteiger partial charge in [0.1, 0.15) is 16.2 Å². The van der Waals surface area contributed by atoms with Crippen LogP contribution in [0.2, 0.25) is 0 Å². The molecule has 0 aliphatic carbocycles. The van der Waals surface area contributed by atoms with Crippen LogP contribution in [0, 0.1) is 0 Å². The minimum atomic E-state index is -4.47. The fraction of sp³-hybridized carbons (Fsp3) is 0.421. The Morgan fingerprint density at radius 3 is 2.43 bits per heavy atom. The van der Waals surface area contributed by atoms with Crippen molar-refractivity contribution in [3.8, 4) is 11.1 Å².